The fourth-order valence-corrected chi connectivity index (χ4v) is 3.30. The zero-order valence-electron chi connectivity index (χ0n) is 18.5. The monoisotopic (exact) mass is 539 g/mol. The van der Waals surface area contributed by atoms with Gasteiger partial charge in [-0.3, -0.25) is 0 Å². The van der Waals surface area contributed by atoms with Gasteiger partial charge in [-0.15, -0.1) is 0 Å². The fraction of sp³-hybridized carbons (Fsp3) is 0.250. The quantitative estimate of drug-likeness (QED) is 0.293. The summed E-state index contributed by atoms with van der Waals surface area (Å²) in [6.45, 7) is -4.26. The number of rotatable bonds is 9. The highest BCUT2D eigenvalue weighted by Crippen LogP contribution is 2.35. The molecule has 0 heterocycles. The predicted octanol–water partition coefficient (Wildman–Crippen LogP) is 6.84. The van der Waals surface area contributed by atoms with Crippen LogP contribution in [0.5, 0.6) is 17.2 Å². The minimum atomic E-state index is -5.04. The Morgan fingerprint density at radius 2 is 1.43 bits per heavy atom. The van der Waals surface area contributed by atoms with Crippen molar-refractivity contribution in [3.8, 4) is 17.2 Å². The van der Waals surface area contributed by atoms with Gasteiger partial charge in [0.1, 0.15) is 23.1 Å². The Bertz CT molecular complexity index is 1200. The van der Waals surface area contributed by atoms with Crippen LogP contribution in [0.3, 0.4) is 0 Å². The van der Waals surface area contributed by atoms with Gasteiger partial charge in [0.25, 0.3) is 0 Å². The maximum absolute atomic E-state index is 14.6. The van der Waals surface area contributed by atoms with Crippen molar-refractivity contribution in [2.45, 2.75) is 31.1 Å². The molecule has 200 valence electrons. The molecule has 4 nitrogen and oxygen atoms in total. The summed E-state index contributed by atoms with van der Waals surface area (Å²) in [4.78, 5) is 0. The molecule has 0 saturated carbocycles. The van der Waals surface area contributed by atoms with Crippen LogP contribution < -0.4 is 14.8 Å². The fourth-order valence-electron chi connectivity index (χ4n) is 3.30. The van der Waals surface area contributed by atoms with Gasteiger partial charge in [-0.2, -0.15) is 35.1 Å². The molecule has 0 aliphatic rings. The summed E-state index contributed by atoms with van der Waals surface area (Å²) < 4.78 is 128. The molecule has 0 aromatic heterocycles. The van der Waals surface area contributed by atoms with E-state index in [9.17, 15) is 44.6 Å². The molecule has 3 aromatic rings. The summed E-state index contributed by atoms with van der Waals surface area (Å²) in [5.41, 5.74) is -1.88. The summed E-state index contributed by atoms with van der Waals surface area (Å²) >= 11 is 0. The van der Waals surface area contributed by atoms with Crippen LogP contribution in [0.1, 0.15) is 22.7 Å². The predicted molar refractivity (Wildman–Crippen MR) is 113 cm³/mol. The Hall–Kier alpha value is -3.45. The molecule has 0 amide bonds. The van der Waals surface area contributed by atoms with E-state index < -0.39 is 54.6 Å². The maximum atomic E-state index is 14.6. The van der Waals surface area contributed by atoms with Crippen LogP contribution >= 0.6 is 0 Å². The van der Waals surface area contributed by atoms with E-state index in [1.54, 1.807) is 0 Å². The molecule has 0 spiro atoms. The summed E-state index contributed by atoms with van der Waals surface area (Å²) in [6.07, 6.45) is -12.8. The first-order valence-corrected chi connectivity index (χ1v) is 10.4. The van der Waals surface area contributed by atoms with Crippen molar-refractivity contribution in [1.82, 2.24) is 5.32 Å². The molecule has 0 bridgehead atoms. The largest absolute Gasteiger partial charge is 0.457 e. The second kappa shape index (κ2) is 11.3. The number of hydrogen-bond acceptors (Lipinski definition) is 4. The molecule has 3 rings (SSSR count). The van der Waals surface area contributed by atoms with Crippen LogP contribution in [0.2, 0.25) is 0 Å². The van der Waals surface area contributed by atoms with Gasteiger partial charge in [0.2, 0.25) is 0 Å². The van der Waals surface area contributed by atoms with E-state index in [4.69, 9.17) is 4.74 Å². The Labute approximate surface area is 204 Å². The van der Waals surface area contributed by atoms with Gasteiger partial charge in [-0.05, 0) is 48.0 Å². The molecule has 13 heteroatoms. The second-order valence-electron chi connectivity index (χ2n) is 7.66. The van der Waals surface area contributed by atoms with E-state index in [1.807, 2.05) is 0 Å². The molecular formula is C24H18F9NO3. The smallest absolute Gasteiger partial charge is 0.416 e. The number of ether oxygens (including phenoxy) is 2. The van der Waals surface area contributed by atoms with E-state index in [2.05, 4.69) is 10.1 Å². The van der Waals surface area contributed by atoms with E-state index in [0.29, 0.717) is 18.2 Å². The highest BCUT2D eigenvalue weighted by atomic mass is 19.4. The number of nitrogens with one attached hydrogen (secondary N) is 1. The molecule has 0 aliphatic carbocycles. The average Bonchev–Trinajstić information content (AvgIpc) is 2.79. The first-order chi connectivity index (χ1) is 17.2. The second-order valence-corrected chi connectivity index (χ2v) is 7.66. The minimum absolute atomic E-state index is 0.00208. The molecule has 2 N–H and O–H groups in total. The van der Waals surface area contributed by atoms with Crippen molar-refractivity contribution in [2.75, 3.05) is 6.54 Å². The number of benzene rings is 3. The zero-order valence-corrected chi connectivity index (χ0v) is 18.5. The van der Waals surface area contributed by atoms with Crippen LogP contribution in [0.25, 0.3) is 0 Å². The van der Waals surface area contributed by atoms with Crippen LogP contribution in [-0.4, -0.2) is 30.5 Å². The summed E-state index contributed by atoms with van der Waals surface area (Å²) in [6, 6.07) is 10.2. The lowest BCUT2D eigenvalue weighted by atomic mass is 9.95. The van der Waals surface area contributed by atoms with Crippen LogP contribution in [0.15, 0.2) is 66.7 Å². The summed E-state index contributed by atoms with van der Waals surface area (Å²) in [5.74, 6) is -1.34. The average molecular weight is 539 g/mol. The van der Waals surface area contributed by atoms with E-state index in [1.165, 1.54) is 42.5 Å². The van der Waals surface area contributed by atoms with Crippen molar-refractivity contribution in [1.29, 1.82) is 0 Å². The topological polar surface area (TPSA) is 50.7 Å². The summed E-state index contributed by atoms with van der Waals surface area (Å²) in [5, 5.41) is 11.6. The SMILES string of the molecule is O[C@H](CNC(c1cccc(Oc2cccc(OC(F)F)c2)c1)c1cc(C(F)(F)F)ccc1F)C(F)(F)F. The lowest BCUT2D eigenvalue weighted by Gasteiger charge is -2.24. The molecular weight excluding hydrogens is 521 g/mol. The van der Waals surface area contributed by atoms with Crippen molar-refractivity contribution >= 4 is 0 Å². The van der Waals surface area contributed by atoms with Crippen LogP contribution in [-0.2, 0) is 6.18 Å². The molecule has 3 aromatic carbocycles. The standard InChI is InChI=1S/C24H18F9NO3/c25-19-8-7-14(23(28,29)30)10-18(19)21(34-12-20(35)24(31,32)33)13-3-1-4-15(9-13)36-16-5-2-6-17(11-16)37-22(26)27/h1-11,20-22,34-35H,12H2/t20-,21?/m1/s1. The third-order valence-corrected chi connectivity index (χ3v) is 4.99. The van der Waals surface area contributed by atoms with Gasteiger partial charge in [-0.25, -0.2) is 4.39 Å². The number of alkyl halides is 8. The van der Waals surface area contributed by atoms with Crippen LogP contribution in [0.4, 0.5) is 39.5 Å². The third-order valence-electron chi connectivity index (χ3n) is 4.99. The molecule has 0 aliphatic heterocycles. The van der Waals surface area contributed by atoms with Crippen molar-refractivity contribution < 1.29 is 54.1 Å². The van der Waals surface area contributed by atoms with Gasteiger partial charge in [0, 0.05) is 18.2 Å². The number of aliphatic hydroxyl groups excluding tert-OH is 1. The van der Waals surface area contributed by atoms with Gasteiger partial charge in [0.15, 0.2) is 6.10 Å². The van der Waals surface area contributed by atoms with Gasteiger partial charge in [-0.1, -0.05) is 18.2 Å². The maximum Gasteiger partial charge on any atom is 0.416 e. The molecule has 0 saturated heterocycles. The normalized spacial score (nSPS) is 13.9. The Morgan fingerprint density at radius 1 is 0.811 bits per heavy atom. The minimum Gasteiger partial charge on any atom is -0.457 e. The van der Waals surface area contributed by atoms with Gasteiger partial charge >= 0.3 is 19.0 Å². The lowest BCUT2D eigenvalue weighted by Crippen LogP contribution is -2.40. The summed E-state index contributed by atoms with van der Waals surface area (Å²) in [7, 11) is 0. The number of hydrogen-bond donors (Lipinski definition) is 2. The van der Waals surface area contributed by atoms with Crippen molar-refractivity contribution in [2.24, 2.45) is 0 Å². The highest BCUT2D eigenvalue weighted by molar-refractivity contribution is 5.42. The van der Waals surface area contributed by atoms with Crippen LogP contribution in [0, 0.1) is 5.82 Å². The Morgan fingerprint density at radius 3 is 2.05 bits per heavy atom. The lowest BCUT2D eigenvalue weighted by molar-refractivity contribution is -0.202. The molecule has 37 heavy (non-hydrogen) atoms. The van der Waals surface area contributed by atoms with Gasteiger partial charge < -0.3 is 19.9 Å². The first-order valence-electron chi connectivity index (χ1n) is 10.4. The Kier molecular flexibility index (Phi) is 8.59. The number of halogens is 9. The molecule has 0 fully saturated rings. The van der Waals surface area contributed by atoms with E-state index >= 15 is 0 Å². The third kappa shape index (κ3) is 7.76. The van der Waals surface area contributed by atoms with Crippen molar-refractivity contribution in [3.05, 3.63) is 89.2 Å². The highest BCUT2D eigenvalue weighted by Gasteiger charge is 2.39. The van der Waals surface area contributed by atoms with Gasteiger partial charge in [0.05, 0.1) is 11.6 Å². The number of aliphatic hydroxyl groups is 1. The zero-order chi connectivity index (χ0) is 27.4. The molecule has 0 radical (unpaired) electrons. The van der Waals surface area contributed by atoms with E-state index in [0.717, 1.165) is 6.07 Å². The first kappa shape index (κ1) is 28.1. The van der Waals surface area contributed by atoms with Crippen molar-refractivity contribution in [3.63, 3.8) is 0 Å². The molecule has 2 atom stereocenters. The Balaban J connectivity index is 1.98. The van der Waals surface area contributed by atoms with E-state index in [-0.39, 0.29) is 22.8 Å². The molecule has 1 unspecified atom stereocenters.